The van der Waals surface area contributed by atoms with Gasteiger partial charge in [-0.1, -0.05) is 18.2 Å². The normalized spacial score (nSPS) is 31.3. The van der Waals surface area contributed by atoms with Gasteiger partial charge in [-0.25, -0.2) is 0 Å². The van der Waals surface area contributed by atoms with Crippen LogP contribution in [0.2, 0.25) is 0 Å². The Morgan fingerprint density at radius 2 is 2.11 bits per heavy atom. The molecule has 3 unspecified atom stereocenters. The van der Waals surface area contributed by atoms with Gasteiger partial charge < -0.3 is 10.4 Å². The van der Waals surface area contributed by atoms with Crippen molar-refractivity contribution in [2.24, 2.45) is 5.92 Å². The number of benzene rings is 1. The topological polar surface area (TPSA) is 32.3 Å². The molecule has 1 aliphatic heterocycles. The van der Waals surface area contributed by atoms with E-state index in [0.717, 1.165) is 19.4 Å². The molecule has 1 aromatic rings. The zero-order valence-corrected chi connectivity index (χ0v) is 11.5. The summed E-state index contributed by atoms with van der Waals surface area (Å²) < 4.78 is 0. The molecule has 2 N–H and O–H groups in total. The molecule has 2 aliphatic rings. The molecule has 98 valence electrons. The second kappa shape index (κ2) is 5.64. The second-order valence-corrected chi connectivity index (χ2v) is 6.61. The van der Waals surface area contributed by atoms with E-state index < -0.39 is 0 Å². The van der Waals surface area contributed by atoms with E-state index in [0.29, 0.717) is 12.0 Å². The molecule has 0 saturated heterocycles. The Morgan fingerprint density at radius 3 is 2.94 bits per heavy atom. The van der Waals surface area contributed by atoms with Crippen molar-refractivity contribution in [1.29, 1.82) is 0 Å². The minimum absolute atomic E-state index is 0.0500. The summed E-state index contributed by atoms with van der Waals surface area (Å²) in [5.74, 6) is 1.88. The van der Waals surface area contributed by atoms with Gasteiger partial charge in [0.1, 0.15) is 0 Å². The molecular weight excluding hydrogens is 242 g/mol. The first-order valence-corrected chi connectivity index (χ1v) is 7.94. The van der Waals surface area contributed by atoms with Gasteiger partial charge in [0.25, 0.3) is 0 Å². The van der Waals surface area contributed by atoms with Gasteiger partial charge in [-0.2, -0.15) is 0 Å². The summed E-state index contributed by atoms with van der Waals surface area (Å²) >= 11 is 1.97. The number of hydrogen-bond acceptors (Lipinski definition) is 3. The molecule has 1 heterocycles. The Balaban J connectivity index is 1.60. The highest BCUT2D eigenvalue weighted by Gasteiger charge is 2.25. The summed E-state index contributed by atoms with van der Waals surface area (Å²) in [6, 6.07) is 9.26. The van der Waals surface area contributed by atoms with E-state index in [1.807, 2.05) is 11.8 Å². The van der Waals surface area contributed by atoms with Crippen molar-refractivity contribution in [2.45, 2.75) is 42.7 Å². The molecule has 2 nitrogen and oxygen atoms in total. The van der Waals surface area contributed by atoms with Crippen LogP contribution in [0.5, 0.6) is 0 Å². The first-order valence-electron chi connectivity index (χ1n) is 6.96. The number of aliphatic hydroxyl groups is 1. The lowest BCUT2D eigenvalue weighted by atomic mass is 10.0. The van der Waals surface area contributed by atoms with E-state index in [1.54, 1.807) is 0 Å². The highest BCUT2D eigenvalue weighted by molar-refractivity contribution is 7.99. The second-order valence-electron chi connectivity index (χ2n) is 5.47. The summed E-state index contributed by atoms with van der Waals surface area (Å²) in [6.45, 7) is 1.06. The molecule has 0 spiro atoms. The Hall–Kier alpha value is -0.510. The summed E-state index contributed by atoms with van der Waals surface area (Å²) in [5, 5.41) is 13.3. The van der Waals surface area contributed by atoms with Crippen LogP contribution in [0.25, 0.3) is 0 Å². The van der Waals surface area contributed by atoms with Crippen molar-refractivity contribution in [2.75, 3.05) is 12.3 Å². The molecule has 3 atom stereocenters. The first kappa shape index (κ1) is 12.5. The zero-order chi connectivity index (χ0) is 12.4. The lowest BCUT2D eigenvalue weighted by Gasteiger charge is -2.27. The molecule has 18 heavy (non-hydrogen) atoms. The van der Waals surface area contributed by atoms with Crippen LogP contribution in [0.4, 0.5) is 0 Å². The minimum Gasteiger partial charge on any atom is -0.393 e. The van der Waals surface area contributed by atoms with Gasteiger partial charge in [0.05, 0.1) is 6.10 Å². The third-order valence-electron chi connectivity index (χ3n) is 4.12. The minimum atomic E-state index is -0.0500. The van der Waals surface area contributed by atoms with Gasteiger partial charge in [-0.3, -0.25) is 0 Å². The predicted octanol–water partition coefficient (Wildman–Crippen LogP) is 2.97. The fraction of sp³-hybridized carbons (Fsp3) is 0.600. The van der Waals surface area contributed by atoms with Crippen LogP contribution in [-0.4, -0.2) is 23.5 Å². The molecule has 0 amide bonds. The third kappa shape index (κ3) is 2.73. The number of rotatable bonds is 3. The zero-order valence-electron chi connectivity index (χ0n) is 10.6. The molecule has 1 aliphatic carbocycles. The molecule has 0 aromatic heterocycles. The smallest absolute Gasteiger partial charge is 0.0543 e. The highest BCUT2D eigenvalue weighted by atomic mass is 32.2. The van der Waals surface area contributed by atoms with E-state index in [-0.39, 0.29) is 6.10 Å². The fourth-order valence-corrected chi connectivity index (χ4v) is 4.22. The number of hydrogen-bond donors (Lipinski definition) is 2. The maximum absolute atomic E-state index is 9.56. The molecule has 0 radical (unpaired) electrons. The third-order valence-corrected chi connectivity index (χ3v) is 5.25. The van der Waals surface area contributed by atoms with Crippen LogP contribution in [0.1, 0.15) is 37.3 Å². The van der Waals surface area contributed by atoms with Crippen LogP contribution in [0, 0.1) is 5.92 Å². The summed E-state index contributed by atoms with van der Waals surface area (Å²) in [7, 11) is 0. The molecule has 1 saturated carbocycles. The van der Waals surface area contributed by atoms with Crippen molar-refractivity contribution in [3.8, 4) is 0 Å². The van der Waals surface area contributed by atoms with Crippen molar-refractivity contribution in [3.05, 3.63) is 29.8 Å². The summed E-state index contributed by atoms with van der Waals surface area (Å²) in [5.41, 5.74) is 1.47. The largest absolute Gasteiger partial charge is 0.393 e. The fourth-order valence-electron chi connectivity index (χ4n) is 3.10. The Labute approximate surface area is 113 Å². The molecule has 0 bridgehead atoms. The number of aliphatic hydroxyl groups excluding tert-OH is 1. The van der Waals surface area contributed by atoms with E-state index in [9.17, 15) is 5.11 Å². The van der Waals surface area contributed by atoms with Gasteiger partial charge >= 0.3 is 0 Å². The van der Waals surface area contributed by atoms with Crippen molar-refractivity contribution in [1.82, 2.24) is 5.32 Å². The summed E-state index contributed by atoms with van der Waals surface area (Å²) in [6.07, 6.45) is 4.32. The molecule has 1 fully saturated rings. The lowest BCUT2D eigenvalue weighted by molar-refractivity contribution is 0.177. The van der Waals surface area contributed by atoms with E-state index in [1.165, 1.54) is 29.1 Å². The number of nitrogens with one attached hydrogen (secondary N) is 1. The molecule has 1 aromatic carbocycles. The molecule has 3 heteroatoms. The van der Waals surface area contributed by atoms with Crippen LogP contribution < -0.4 is 5.32 Å². The number of thioether (sulfide) groups is 1. The first-order chi connectivity index (χ1) is 8.83. The monoisotopic (exact) mass is 263 g/mol. The van der Waals surface area contributed by atoms with E-state index in [2.05, 4.69) is 29.6 Å². The SMILES string of the molecule is OC1CCC(CNC2CCSc3ccccc32)C1. The summed E-state index contributed by atoms with van der Waals surface area (Å²) in [4.78, 5) is 1.44. The van der Waals surface area contributed by atoms with Gasteiger partial charge in [0.15, 0.2) is 0 Å². The van der Waals surface area contributed by atoms with Gasteiger partial charge in [0, 0.05) is 10.9 Å². The Morgan fingerprint density at radius 1 is 1.22 bits per heavy atom. The average molecular weight is 263 g/mol. The van der Waals surface area contributed by atoms with Crippen molar-refractivity contribution >= 4 is 11.8 Å². The maximum atomic E-state index is 9.56. The standard InChI is InChI=1S/C15H21NOS/c17-12-6-5-11(9-12)10-16-14-7-8-18-15-4-2-1-3-13(14)15/h1-4,11-12,14,16-17H,5-10H2. The van der Waals surface area contributed by atoms with E-state index >= 15 is 0 Å². The Kier molecular flexibility index (Phi) is 3.92. The van der Waals surface area contributed by atoms with Crippen LogP contribution in [0.3, 0.4) is 0 Å². The van der Waals surface area contributed by atoms with Gasteiger partial charge in [0.2, 0.25) is 0 Å². The quantitative estimate of drug-likeness (QED) is 0.879. The maximum Gasteiger partial charge on any atom is 0.0543 e. The van der Waals surface area contributed by atoms with Gasteiger partial charge in [-0.15, -0.1) is 11.8 Å². The predicted molar refractivity (Wildman–Crippen MR) is 75.9 cm³/mol. The number of fused-ring (bicyclic) bond motifs is 1. The van der Waals surface area contributed by atoms with Crippen LogP contribution in [-0.2, 0) is 0 Å². The van der Waals surface area contributed by atoms with E-state index in [4.69, 9.17) is 0 Å². The van der Waals surface area contributed by atoms with Crippen molar-refractivity contribution in [3.63, 3.8) is 0 Å². The molecular formula is C15H21NOS. The average Bonchev–Trinajstić information content (AvgIpc) is 2.82. The van der Waals surface area contributed by atoms with Crippen molar-refractivity contribution < 1.29 is 5.11 Å². The lowest BCUT2D eigenvalue weighted by Crippen LogP contribution is -2.29. The van der Waals surface area contributed by atoms with Gasteiger partial charge in [-0.05, 0) is 55.5 Å². The highest BCUT2D eigenvalue weighted by Crippen LogP contribution is 2.36. The van der Waals surface area contributed by atoms with Crippen LogP contribution in [0.15, 0.2) is 29.2 Å². The Bertz CT molecular complexity index is 409. The van der Waals surface area contributed by atoms with Crippen LogP contribution >= 0.6 is 11.8 Å². The molecule has 3 rings (SSSR count).